The van der Waals surface area contributed by atoms with Crippen LogP contribution in [0.15, 0.2) is 0 Å². The van der Waals surface area contributed by atoms with Crippen molar-refractivity contribution < 1.29 is 14.7 Å². The van der Waals surface area contributed by atoms with Crippen LogP contribution in [0.4, 0.5) is 0 Å². The number of carbonyl (C=O) groups is 2. The first-order valence-corrected chi connectivity index (χ1v) is 13.0. The topological polar surface area (TPSA) is 66.4 Å². The van der Waals surface area contributed by atoms with Crippen molar-refractivity contribution in [3.8, 4) is 0 Å². The highest BCUT2D eigenvalue weighted by Crippen LogP contribution is 2.14. The molecule has 0 saturated carbocycles. The van der Waals surface area contributed by atoms with E-state index < -0.39 is 12.0 Å². The molecule has 0 spiro atoms. The Kier molecular flexibility index (Phi) is 20.4. The minimum atomic E-state index is -0.930. The number of carboxylic acids is 1. The van der Waals surface area contributed by atoms with Crippen molar-refractivity contribution in [1.82, 2.24) is 5.32 Å². The third kappa shape index (κ3) is 17.8. The van der Waals surface area contributed by atoms with Crippen molar-refractivity contribution in [2.45, 2.75) is 149 Å². The van der Waals surface area contributed by atoms with Gasteiger partial charge in [0.25, 0.3) is 0 Å². The Balaban J connectivity index is 3.38. The monoisotopic (exact) mass is 425 g/mol. The molecule has 0 aliphatic heterocycles. The molecule has 0 rings (SSSR count). The first kappa shape index (κ1) is 28.9. The number of rotatable bonds is 22. The van der Waals surface area contributed by atoms with Gasteiger partial charge < -0.3 is 10.4 Å². The van der Waals surface area contributed by atoms with Gasteiger partial charge in [0, 0.05) is 6.42 Å². The smallest absolute Gasteiger partial charge is 0.326 e. The van der Waals surface area contributed by atoms with Crippen molar-refractivity contribution in [3.63, 3.8) is 0 Å². The molecule has 4 nitrogen and oxygen atoms in total. The minimum Gasteiger partial charge on any atom is -0.480 e. The first-order chi connectivity index (χ1) is 14.5. The molecule has 2 atom stereocenters. The van der Waals surface area contributed by atoms with Crippen LogP contribution >= 0.6 is 0 Å². The largest absolute Gasteiger partial charge is 0.480 e. The van der Waals surface area contributed by atoms with Crippen LogP contribution in [0.2, 0.25) is 0 Å². The lowest BCUT2D eigenvalue weighted by Gasteiger charge is -2.20. The quantitative estimate of drug-likeness (QED) is 0.175. The summed E-state index contributed by atoms with van der Waals surface area (Å²) in [6.45, 7) is 6.09. The van der Waals surface area contributed by atoms with Crippen LogP contribution < -0.4 is 5.32 Å². The molecule has 0 aromatic heterocycles. The summed E-state index contributed by atoms with van der Waals surface area (Å²) in [5.41, 5.74) is 0. The first-order valence-electron chi connectivity index (χ1n) is 13.0. The van der Waals surface area contributed by atoms with Crippen molar-refractivity contribution in [2.75, 3.05) is 0 Å². The average Bonchev–Trinajstić information content (AvgIpc) is 2.73. The predicted molar refractivity (Wildman–Crippen MR) is 128 cm³/mol. The summed E-state index contributed by atoms with van der Waals surface area (Å²) in [7, 11) is 0. The molecule has 0 aliphatic rings. The van der Waals surface area contributed by atoms with E-state index in [4.69, 9.17) is 0 Å². The highest BCUT2D eigenvalue weighted by molar-refractivity contribution is 5.83. The van der Waals surface area contributed by atoms with Crippen LogP contribution in [0.3, 0.4) is 0 Å². The maximum Gasteiger partial charge on any atom is 0.326 e. The van der Waals surface area contributed by atoms with Gasteiger partial charge in [-0.15, -0.1) is 0 Å². The van der Waals surface area contributed by atoms with Crippen LogP contribution in [-0.4, -0.2) is 23.0 Å². The Morgan fingerprint density at radius 1 is 0.667 bits per heavy atom. The van der Waals surface area contributed by atoms with E-state index in [1.54, 1.807) is 0 Å². The second kappa shape index (κ2) is 21.2. The van der Waals surface area contributed by atoms with Crippen molar-refractivity contribution in [2.24, 2.45) is 5.92 Å². The molecule has 2 N–H and O–H groups in total. The van der Waals surface area contributed by atoms with Crippen LogP contribution in [0, 0.1) is 5.92 Å². The summed E-state index contributed by atoms with van der Waals surface area (Å²) in [5.74, 6) is -1.09. The van der Waals surface area contributed by atoms with Crippen LogP contribution in [-0.2, 0) is 9.59 Å². The highest BCUT2D eigenvalue weighted by atomic mass is 16.4. The van der Waals surface area contributed by atoms with E-state index in [9.17, 15) is 14.7 Å². The van der Waals surface area contributed by atoms with Gasteiger partial charge in [-0.1, -0.05) is 130 Å². The molecule has 178 valence electrons. The lowest BCUT2D eigenvalue weighted by atomic mass is 9.99. The Labute approximate surface area is 187 Å². The summed E-state index contributed by atoms with van der Waals surface area (Å²) in [5, 5.41) is 11.9. The van der Waals surface area contributed by atoms with Gasteiger partial charge >= 0.3 is 5.97 Å². The average molecular weight is 426 g/mol. The van der Waals surface area contributed by atoms with Crippen molar-refractivity contribution >= 4 is 11.9 Å². The summed E-state index contributed by atoms with van der Waals surface area (Å²) >= 11 is 0. The molecule has 0 heterocycles. The third-order valence-corrected chi connectivity index (χ3v) is 6.30. The van der Waals surface area contributed by atoms with E-state index in [-0.39, 0.29) is 11.8 Å². The Morgan fingerprint density at radius 3 is 1.37 bits per heavy atom. The molecule has 4 heteroatoms. The van der Waals surface area contributed by atoms with Crippen molar-refractivity contribution in [1.29, 1.82) is 0 Å². The number of hydrogen-bond donors (Lipinski definition) is 2. The number of nitrogens with one attached hydrogen (secondary N) is 1. The van der Waals surface area contributed by atoms with E-state index in [0.717, 1.165) is 19.3 Å². The van der Waals surface area contributed by atoms with E-state index in [1.807, 2.05) is 13.8 Å². The van der Waals surface area contributed by atoms with E-state index in [1.165, 1.54) is 96.3 Å². The molecule has 0 fully saturated rings. The molecule has 30 heavy (non-hydrogen) atoms. The Morgan fingerprint density at radius 2 is 1.03 bits per heavy atom. The molecule has 0 saturated heterocycles. The molecular weight excluding hydrogens is 374 g/mol. The number of carbonyl (C=O) groups excluding carboxylic acids is 1. The number of unbranched alkanes of at least 4 members (excludes halogenated alkanes) is 16. The standard InChI is InChI=1S/C26H51NO3/c1-4-6-7-8-9-10-11-12-13-14-15-16-17-18-19-20-21-22-24(28)27-25(26(29)30)23(3)5-2/h23,25H,4-22H2,1-3H3,(H,27,28)(H,29,30). The molecule has 2 unspecified atom stereocenters. The summed E-state index contributed by atoms with van der Waals surface area (Å²) in [6.07, 6.45) is 23.6. The van der Waals surface area contributed by atoms with Crippen LogP contribution in [0.25, 0.3) is 0 Å². The van der Waals surface area contributed by atoms with Crippen molar-refractivity contribution in [3.05, 3.63) is 0 Å². The zero-order chi connectivity index (χ0) is 22.5. The second-order valence-electron chi connectivity index (χ2n) is 9.18. The maximum absolute atomic E-state index is 12.0. The molecule has 0 aromatic rings. The van der Waals surface area contributed by atoms with E-state index in [0.29, 0.717) is 6.42 Å². The van der Waals surface area contributed by atoms with Gasteiger partial charge in [-0.3, -0.25) is 4.79 Å². The number of amides is 1. The maximum atomic E-state index is 12.0. The number of aliphatic carboxylic acids is 1. The van der Waals surface area contributed by atoms with Crippen LogP contribution in [0.1, 0.15) is 143 Å². The van der Waals surface area contributed by atoms with Gasteiger partial charge in [0.15, 0.2) is 0 Å². The number of hydrogen-bond acceptors (Lipinski definition) is 2. The van der Waals surface area contributed by atoms with E-state index >= 15 is 0 Å². The molecule has 0 aliphatic carbocycles. The molecular formula is C26H51NO3. The van der Waals surface area contributed by atoms with Crippen LogP contribution in [0.5, 0.6) is 0 Å². The molecule has 0 aromatic carbocycles. The van der Waals surface area contributed by atoms with Gasteiger partial charge in [-0.25, -0.2) is 4.79 Å². The minimum absolute atomic E-state index is 0.0398. The zero-order valence-electron chi connectivity index (χ0n) is 20.4. The summed E-state index contributed by atoms with van der Waals surface area (Å²) < 4.78 is 0. The Hall–Kier alpha value is -1.06. The lowest BCUT2D eigenvalue weighted by molar-refractivity contribution is -0.143. The fraction of sp³-hybridized carbons (Fsp3) is 0.923. The normalized spacial score (nSPS) is 13.2. The predicted octanol–water partition coefficient (Wildman–Crippen LogP) is 7.64. The van der Waals surface area contributed by atoms with Gasteiger partial charge in [-0.2, -0.15) is 0 Å². The summed E-state index contributed by atoms with van der Waals surface area (Å²) in [6, 6.07) is -0.756. The third-order valence-electron chi connectivity index (χ3n) is 6.30. The summed E-state index contributed by atoms with van der Waals surface area (Å²) in [4.78, 5) is 23.2. The molecule has 0 radical (unpaired) electrons. The van der Waals surface area contributed by atoms with Gasteiger partial charge in [0.05, 0.1) is 0 Å². The van der Waals surface area contributed by atoms with Gasteiger partial charge in [0.1, 0.15) is 6.04 Å². The SMILES string of the molecule is CCCCCCCCCCCCCCCCCCCC(=O)NC(C(=O)O)C(C)CC. The second-order valence-corrected chi connectivity index (χ2v) is 9.18. The number of carboxylic acid groups (broad SMARTS) is 1. The highest BCUT2D eigenvalue weighted by Gasteiger charge is 2.24. The fourth-order valence-corrected chi connectivity index (χ4v) is 3.94. The Bertz CT molecular complexity index is 411. The molecule has 1 amide bonds. The molecule has 0 bridgehead atoms. The van der Waals surface area contributed by atoms with Gasteiger partial charge in [-0.05, 0) is 12.3 Å². The zero-order valence-corrected chi connectivity index (χ0v) is 20.4. The van der Waals surface area contributed by atoms with E-state index in [2.05, 4.69) is 12.2 Å². The lowest BCUT2D eigenvalue weighted by Crippen LogP contribution is -2.44. The fourth-order valence-electron chi connectivity index (χ4n) is 3.94. The van der Waals surface area contributed by atoms with Gasteiger partial charge in [0.2, 0.25) is 5.91 Å².